The maximum Gasteiger partial charge on any atom is 0.113 e. The quantitative estimate of drug-likeness (QED) is 0.461. The van der Waals surface area contributed by atoms with E-state index in [1.54, 1.807) is 0 Å². The van der Waals surface area contributed by atoms with E-state index < -0.39 is 0 Å². The first-order valence-corrected chi connectivity index (χ1v) is 9.25. The molecule has 4 rings (SSSR count). The van der Waals surface area contributed by atoms with Crippen LogP contribution in [0.25, 0.3) is 11.0 Å². The normalized spacial score (nSPS) is 12.4. The molecule has 0 bridgehead atoms. The highest BCUT2D eigenvalue weighted by Crippen LogP contribution is 2.35. The van der Waals surface area contributed by atoms with Gasteiger partial charge in [0.25, 0.3) is 0 Å². The van der Waals surface area contributed by atoms with Crippen molar-refractivity contribution in [2.45, 2.75) is 23.6 Å². The van der Waals surface area contributed by atoms with Crippen LogP contribution in [0, 0.1) is 6.92 Å². The monoisotopic (exact) mass is 345 g/mol. The van der Waals surface area contributed by atoms with Gasteiger partial charge < -0.3 is 0 Å². The molecule has 0 aliphatic carbocycles. The van der Waals surface area contributed by atoms with E-state index in [2.05, 4.69) is 77.9 Å². The lowest BCUT2D eigenvalue weighted by molar-refractivity contribution is 0.590. The van der Waals surface area contributed by atoms with Gasteiger partial charge in [-0.1, -0.05) is 77.1 Å². The molecule has 1 unspecified atom stereocenters. The number of aryl methyl sites for hydroxylation is 1. The molecule has 0 spiro atoms. The summed E-state index contributed by atoms with van der Waals surface area (Å²) in [6.45, 7) is 2.11. The van der Waals surface area contributed by atoms with Gasteiger partial charge in [-0.2, -0.15) is 0 Å². The molecule has 0 fully saturated rings. The molecule has 3 nitrogen and oxygen atoms in total. The molecule has 124 valence electrons. The summed E-state index contributed by atoms with van der Waals surface area (Å²) in [6.07, 6.45) is 0.896. The van der Waals surface area contributed by atoms with E-state index in [4.69, 9.17) is 0 Å². The number of fused-ring (bicyclic) bond motifs is 1. The Morgan fingerprint density at radius 1 is 0.880 bits per heavy atom. The third-order valence-corrected chi connectivity index (χ3v) is 5.38. The number of rotatable bonds is 5. The maximum absolute atomic E-state index is 4.45. The van der Waals surface area contributed by atoms with Crippen molar-refractivity contribution in [3.05, 3.63) is 90.0 Å². The number of benzene rings is 3. The van der Waals surface area contributed by atoms with Gasteiger partial charge in [0.15, 0.2) is 0 Å². The smallest absolute Gasteiger partial charge is 0.113 e. The van der Waals surface area contributed by atoms with Gasteiger partial charge in [-0.25, -0.2) is 4.68 Å². The molecular formula is C21H19N3S. The van der Waals surface area contributed by atoms with Crippen LogP contribution in [-0.2, 0) is 6.42 Å². The standard InChI is InChI=1S/C21H19N3S/c1-16-11-13-18(14-12-16)25-21(15-17-7-3-2-4-8-17)24-20-10-6-5-9-19(20)22-23-24/h2-14,21H,15H2,1H3. The van der Waals surface area contributed by atoms with E-state index in [0.29, 0.717) is 0 Å². The van der Waals surface area contributed by atoms with Crippen LogP contribution in [0.1, 0.15) is 16.5 Å². The Kier molecular flexibility index (Phi) is 4.53. The molecule has 0 saturated heterocycles. The Labute approximate surface area is 151 Å². The zero-order valence-corrected chi connectivity index (χ0v) is 14.9. The summed E-state index contributed by atoms with van der Waals surface area (Å²) in [4.78, 5) is 1.24. The largest absolute Gasteiger partial charge is 0.231 e. The minimum atomic E-state index is 0.150. The molecule has 25 heavy (non-hydrogen) atoms. The lowest BCUT2D eigenvalue weighted by Crippen LogP contribution is -2.10. The van der Waals surface area contributed by atoms with Crippen LogP contribution < -0.4 is 0 Å². The molecule has 0 saturated carbocycles. The van der Waals surface area contributed by atoms with Crippen LogP contribution in [0.15, 0.2) is 83.8 Å². The summed E-state index contributed by atoms with van der Waals surface area (Å²) in [5, 5.41) is 8.94. The summed E-state index contributed by atoms with van der Waals surface area (Å²) in [7, 11) is 0. The van der Waals surface area contributed by atoms with Crippen LogP contribution in [0.5, 0.6) is 0 Å². The molecule has 4 heteroatoms. The van der Waals surface area contributed by atoms with Gasteiger partial charge in [0.1, 0.15) is 10.9 Å². The first-order valence-electron chi connectivity index (χ1n) is 8.37. The number of aromatic nitrogens is 3. The van der Waals surface area contributed by atoms with Gasteiger partial charge in [-0.05, 0) is 36.8 Å². The highest BCUT2D eigenvalue weighted by atomic mass is 32.2. The highest BCUT2D eigenvalue weighted by molar-refractivity contribution is 7.99. The van der Waals surface area contributed by atoms with Crippen molar-refractivity contribution >= 4 is 22.8 Å². The lowest BCUT2D eigenvalue weighted by Gasteiger charge is -2.18. The summed E-state index contributed by atoms with van der Waals surface area (Å²) >= 11 is 1.83. The number of hydrogen-bond donors (Lipinski definition) is 0. The molecule has 0 aliphatic rings. The van der Waals surface area contributed by atoms with Gasteiger partial charge in [0.2, 0.25) is 0 Å². The second-order valence-electron chi connectivity index (χ2n) is 6.10. The van der Waals surface area contributed by atoms with E-state index >= 15 is 0 Å². The van der Waals surface area contributed by atoms with E-state index in [0.717, 1.165) is 17.5 Å². The predicted molar refractivity (Wildman–Crippen MR) is 104 cm³/mol. The fraction of sp³-hybridized carbons (Fsp3) is 0.143. The van der Waals surface area contributed by atoms with Crippen molar-refractivity contribution in [2.24, 2.45) is 0 Å². The molecular weight excluding hydrogens is 326 g/mol. The average molecular weight is 345 g/mol. The molecule has 0 aliphatic heterocycles. The van der Waals surface area contributed by atoms with Gasteiger partial charge in [-0.3, -0.25) is 0 Å². The maximum atomic E-state index is 4.45. The molecule has 0 amide bonds. The van der Waals surface area contributed by atoms with Gasteiger partial charge in [-0.15, -0.1) is 5.10 Å². The average Bonchev–Trinajstić information content (AvgIpc) is 3.08. The predicted octanol–water partition coefficient (Wildman–Crippen LogP) is 5.27. The zero-order valence-electron chi connectivity index (χ0n) is 14.0. The number of nitrogens with zero attached hydrogens (tertiary/aromatic N) is 3. The third-order valence-electron chi connectivity index (χ3n) is 4.20. The summed E-state index contributed by atoms with van der Waals surface area (Å²) < 4.78 is 2.05. The van der Waals surface area contributed by atoms with Crippen LogP contribution in [-0.4, -0.2) is 15.0 Å². The molecule has 0 N–H and O–H groups in total. The van der Waals surface area contributed by atoms with E-state index in [1.807, 2.05) is 34.6 Å². The number of para-hydroxylation sites is 1. The SMILES string of the molecule is Cc1ccc(SC(Cc2ccccc2)n2nnc3ccccc32)cc1. The van der Waals surface area contributed by atoms with Crippen molar-refractivity contribution in [1.29, 1.82) is 0 Å². The second-order valence-corrected chi connectivity index (χ2v) is 7.35. The minimum absolute atomic E-state index is 0.150. The van der Waals surface area contributed by atoms with E-state index in [9.17, 15) is 0 Å². The van der Waals surface area contributed by atoms with Gasteiger partial charge in [0, 0.05) is 11.3 Å². The molecule has 1 aromatic heterocycles. The number of thioether (sulfide) groups is 1. The van der Waals surface area contributed by atoms with Crippen LogP contribution >= 0.6 is 11.8 Å². The summed E-state index contributed by atoms with van der Waals surface area (Å²) in [6, 6.07) is 27.4. The Morgan fingerprint density at radius 3 is 2.40 bits per heavy atom. The van der Waals surface area contributed by atoms with Crippen molar-refractivity contribution in [1.82, 2.24) is 15.0 Å². The fourth-order valence-corrected chi connectivity index (χ4v) is 4.01. The van der Waals surface area contributed by atoms with Crippen LogP contribution in [0.3, 0.4) is 0 Å². The molecule has 1 atom stereocenters. The minimum Gasteiger partial charge on any atom is -0.231 e. The first-order chi connectivity index (χ1) is 12.3. The topological polar surface area (TPSA) is 30.7 Å². The Bertz CT molecular complexity index is 961. The Hall–Kier alpha value is -2.59. The molecule has 4 aromatic rings. The molecule has 1 heterocycles. The van der Waals surface area contributed by atoms with Crippen LogP contribution in [0.2, 0.25) is 0 Å². The fourth-order valence-electron chi connectivity index (χ4n) is 2.87. The van der Waals surface area contributed by atoms with Crippen LogP contribution in [0.4, 0.5) is 0 Å². The Balaban J connectivity index is 1.71. The third kappa shape index (κ3) is 3.59. The summed E-state index contributed by atoms with van der Waals surface area (Å²) in [5.41, 5.74) is 4.58. The zero-order chi connectivity index (χ0) is 17.1. The van der Waals surface area contributed by atoms with Crippen molar-refractivity contribution in [3.63, 3.8) is 0 Å². The van der Waals surface area contributed by atoms with Crippen molar-refractivity contribution < 1.29 is 0 Å². The molecule has 0 radical (unpaired) electrons. The highest BCUT2D eigenvalue weighted by Gasteiger charge is 2.18. The van der Waals surface area contributed by atoms with Crippen molar-refractivity contribution in [2.75, 3.05) is 0 Å². The summed E-state index contributed by atoms with van der Waals surface area (Å²) in [5.74, 6) is 0. The number of hydrogen-bond acceptors (Lipinski definition) is 3. The van der Waals surface area contributed by atoms with E-state index in [-0.39, 0.29) is 5.37 Å². The lowest BCUT2D eigenvalue weighted by atomic mass is 10.1. The van der Waals surface area contributed by atoms with Gasteiger partial charge in [0.05, 0.1) is 5.52 Å². The second kappa shape index (κ2) is 7.11. The Morgan fingerprint density at radius 2 is 1.60 bits per heavy atom. The van der Waals surface area contributed by atoms with Crippen molar-refractivity contribution in [3.8, 4) is 0 Å². The van der Waals surface area contributed by atoms with Gasteiger partial charge >= 0.3 is 0 Å². The van der Waals surface area contributed by atoms with E-state index in [1.165, 1.54) is 16.0 Å². The molecule has 3 aromatic carbocycles. The first kappa shape index (κ1) is 15.9.